The molecule has 0 spiro atoms. The summed E-state index contributed by atoms with van der Waals surface area (Å²) in [5, 5.41) is 4.35. The Kier molecular flexibility index (Phi) is 6.41. The molecule has 1 atom stereocenters. The second-order valence-electron chi connectivity index (χ2n) is 7.08. The summed E-state index contributed by atoms with van der Waals surface area (Å²) in [6, 6.07) is 1.29. The first-order chi connectivity index (χ1) is 12.4. The van der Waals surface area contributed by atoms with Crippen molar-refractivity contribution in [1.29, 1.82) is 0 Å². The molecule has 0 saturated carbocycles. The Bertz CT molecular complexity index is 815. The highest BCUT2D eigenvalue weighted by Crippen LogP contribution is 2.35. The second-order valence-corrected chi connectivity index (χ2v) is 11.7. The van der Waals surface area contributed by atoms with Crippen molar-refractivity contribution in [2.75, 3.05) is 38.2 Å². The van der Waals surface area contributed by atoms with Crippen LogP contribution in [0.4, 0.5) is 13.2 Å². The summed E-state index contributed by atoms with van der Waals surface area (Å²) in [6.07, 6.45) is 3.24. The van der Waals surface area contributed by atoms with Gasteiger partial charge in [0.25, 0.3) is 0 Å². The zero-order valence-electron chi connectivity index (χ0n) is 16.0. The molecule has 0 radical (unpaired) electrons. The first-order valence-corrected chi connectivity index (χ1v) is 11.2. The zero-order chi connectivity index (χ0) is 20.4. The summed E-state index contributed by atoms with van der Waals surface area (Å²) < 4.78 is 50.7. The van der Waals surface area contributed by atoms with Crippen molar-refractivity contribution in [2.45, 2.75) is 25.7 Å². The SMILES string of the molecule is COC(=O)c1nn(COCCS(C)(C)C)c2ncc(C(C)C(F)(F)F)cc12. The molecule has 1 unspecified atom stereocenters. The third-order valence-electron chi connectivity index (χ3n) is 4.03. The highest BCUT2D eigenvalue weighted by atomic mass is 32.3. The fraction of sp³-hybridized carbons (Fsp3) is 0.588. The molecule has 0 aliphatic carbocycles. The molecule has 0 aliphatic heterocycles. The maximum Gasteiger partial charge on any atom is 0.395 e. The molecular weight excluding hydrogens is 383 g/mol. The van der Waals surface area contributed by atoms with E-state index in [1.165, 1.54) is 17.9 Å². The monoisotopic (exact) mass is 407 g/mol. The highest BCUT2D eigenvalue weighted by Gasteiger charge is 2.37. The predicted molar refractivity (Wildman–Crippen MR) is 99.5 cm³/mol. The third-order valence-corrected chi connectivity index (χ3v) is 5.42. The average Bonchev–Trinajstić information content (AvgIpc) is 2.93. The van der Waals surface area contributed by atoms with Crippen LogP contribution in [0.25, 0.3) is 11.0 Å². The standard InChI is InChI=1S/C17H24F3N3O3S/c1-11(17(18,19)20)12-8-13-14(16(24)25-2)22-23(15(13)21-9-12)10-26-6-7-27(3,4)5/h8-9,11H,6-7,10H2,1-5H3. The number of pyridine rings is 1. The number of carbonyl (C=O) groups excluding carboxylic acids is 1. The van der Waals surface area contributed by atoms with Gasteiger partial charge >= 0.3 is 12.1 Å². The van der Waals surface area contributed by atoms with Crippen LogP contribution in [-0.2, 0) is 16.2 Å². The van der Waals surface area contributed by atoms with Gasteiger partial charge in [-0.2, -0.15) is 18.3 Å². The Morgan fingerprint density at radius 1 is 1.33 bits per heavy atom. The van der Waals surface area contributed by atoms with Crippen molar-refractivity contribution >= 4 is 27.0 Å². The molecule has 0 bridgehead atoms. The van der Waals surface area contributed by atoms with Crippen LogP contribution >= 0.6 is 10.0 Å². The quantitative estimate of drug-likeness (QED) is 0.519. The van der Waals surface area contributed by atoms with Gasteiger partial charge in [-0.25, -0.2) is 24.5 Å². The minimum absolute atomic E-state index is 0.0445. The van der Waals surface area contributed by atoms with E-state index in [1.807, 2.05) is 0 Å². The topological polar surface area (TPSA) is 66.2 Å². The zero-order valence-corrected chi connectivity index (χ0v) is 16.8. The van der Waals surface area contributed by atoms with Crippen LogP contribution in [0.2, 0.25) is 0 Å². The fourth-order valence-electron chi connectivity index (χ4n) is 2.30. The van der Waals surface area contributed by atoms with Crippen LogP contribution in [0, 0.1) is 0 Å². The first-order valence-electron chi connectivity index (χ1n) is 8.19. The summed E-state index contributed by atoms with van der Waals surface area (Å²) in [7, 11) is 0.473. The van der Waals surface area contributed by atoms with E-state index in [1.54, 1.807) is 0 Å². The number of nitrogens with zero attached hydrogens (tertiary/aromatic N) is 3. The molecule has 27 heavy (non-hydrogen) atoms. The van der Waals surface area contributed by atoms with Gasteiger partial charge in [0.15, 0.2) is 11.3 Å². The first kappa shape index (κ1) is 21.5. The third kappa shape index (κ3) is 5.35. The molecular formula is C17H24F3N3O3S. The van der Waals surface area contributed by atoms with Crippen molar-refractivity contribution in [3.8, 4) is 0 Å². The molecule has 0 fully saturated rings. The fourth-order valence-corrected chi connectivity index (χ4v) is 2.92. The normalized spacial score (nSPS) is 14.4. The van der Waals surface area contributed by atoms with Gasteiger partial charge in [-0.15, -0.1) is 0 Å². The number of aromatic nitrogens is 3. The van der Waals surface area contributed by atoms with Gasteiger partial charge in [-0.1, -0.05) is 0 Å². The van der Waals surface area contributed by atoms with E-state index in [9.17, 15) is 18.0 Å². The van der Waals surface area contributed by atoms with Crippen LogP contribution in [-0.4, -0.2) is 65.1 Å². The van der Waals surface area contributed by atoms with Gasteiger partial charge in [0.2, 0.25) is 0 Å². The maximum atomic E-state index is 13.0. The van der Waals surface area contributed by atoms with Gasteiger partial charge in [0, 0.05) is 11.9 Å². The number of hydrogen-bond acceptors (Lipinski definition) is 5. The van der Waals surface area contributed by atoms with Crippen LogP contribution < -0.4 is 0 Å². The van der Waals surface area contributed by atoms with Crippen molar-refractivity contribution in [3.63, 3.8) is 0 Å². The number of esters is 1. The van der Waals surface area contributed by atoms with Gasteiger partial charge in [0.05, 0.1) is 25.0 Å². The Labute approximate surface area is 157 Å². The summed E-state index contributed by atoms with van der Waals surface area (Å²) in [5.74, 6) is -1.55. The molecule has 0 aliphatic rings. The average molecular weight is 407 g/mol. The van der Waals surface area contributed by atoms with Crippen molar-refractivity contribution < 1.29 is 27.4 Å². The minimum Gasteiger partial charge on any atom is -0.464 e. The van der Waals surface area contributed by atoms with E-state index in [0.717, 1.165) is 18.9 Å². The van der Waals surface area contributed by atoms with Crippen molar-refractivity contribution in [1.82, 2.24) is 14.8 Å². The van der Waals surface area contributed by atoms with Crippen molar-refractivity contribution in [2.24, 2.45) is 0 Å². The van der Waals surface area contributed by atoms with E-state index >= 15 is 0 Å². The number of fused-ring (bicyclic) bond motifs is 1. The molecule has 2 heterocycles. The Morgan fingerprint density at radius 2 is 2.00 bits per heavy atom. The number of halogens is 3. The summed E-state index contributed by atoms with van der Waals surface area (Å²) in [6.45, 7) is 1.60. The lowest BCUT2D eigenvalue weighted by molar-refractivity contribution is -0.146. The van der Waals surface area contributed by atoms with E-state index in [4.69, 9.17) is 9.47 Å². The number of alkyl halides is 3. The highest BCUT2D eigenvalue weighted by molar-refractivity contribution is 8.32. The molecule has 2 aromatic rings. The number of ether oxygens (including phenoxy) is 2. The van der Waals surface area contributed by atoms with Gasteiger partial charge in [0.1, 0.15) is 6.73 Å². The number of methoxy groups -OCH3 is 1. The Balaban J connectivity index is 2.35. The van der Waals surface area contributed by atoms with Gasteiger partial charge < -0.3 is 9.47 Å². The van der Waals surface area contributed by atoms with Crippen LogP contribution in [0.5, 0.6) is 0 Å². The van der Waals surface area contributed by atoms with Gasteiger partial charge in [-0.05, 0) is 37.3 Å². The lowest BCUT2D eigenvalue weighted by atomic mass is 10.0. The largest absolute Gasteiger partial charge is 0.464 e. The molecule has 152 valence electrons. The van der Waals surface area contributed by atoms with E-state index < -0.39 is 28.1 Å². The van der Waals surface area contributed by atoms with E-state index in [-0.39, 0.29) is 29.0 Å². The number of carbonyl (C=O) groups is 1. The molecule has 0 aromatic carbocycles. The minimum atomic E-state index is -4.41. The molecule has 10 heteroatoms. The molecule has 0 amide bonds. The number of rotatable bonds is 7. The van der Waals surface area contributed by atoms with E-state index in [2.05, 4.69) is 28.8 Å². The molecule has 6 nitrogen and oxygen atoms in total. The van der Waals surface area contributed by atoms with Crippen LogP contribution in [0.1, 0.15) is 28.9 Å². The molecule has 2 aromatic heterocycles. The maximum absolute atomic E-state index is 13.0. The predicted octanol–water partition coefficient (Wildman–Crippen LogP) is 3.55. The van der Waals surface area contributed by atoms with Crippen LogP contribution in [0.3, 0.4) is 0 Å². The molecule has 0 saturated heterocycles. The summed E-state index contributed by atoms with van der Waals surface area (Å²) in [5.41, 5.74) is 0.148. The molecule has 2 rings (SSSR count). The summed E-state index contributed by atoms with van der Waals surface area (Å²) >= 11 is 0. The Hall–Kier alpha value is -1.81. The van der Waals surface area contributed by atoms with E-state index in [0.29, 0.717) is 6.61 Å². The number of hydrogen-bond donors (Lipinski definition) is 0. The second kappa shape index (κ2) is 8.05. The lowest BCUT2D eigenvalue weighted by Gasteiger charge is -2.24. The van der Waals surface area contributed by atoms with Crippen molar-refractivity contribution in [3.05, 3.63) is 23.5 Å². The molecule has 0 N–H and O–H groups in total. The van der Waals surface area contributed by atoms with Gasteiger partial charge in [-0.3, -0.25) is 0 Å². The Morgan fingerprint density at radius 3 is 2.56 bits per heavy atom. The van der Waals surface area contributed by atoms with Crippen LogP contribution in [0.15, 0.2) is 12.3 Å². The lowest BCUT2D eigenvalue weighted by Crippen LogP contribution is -2.18. The summed E-state index contributed by atoms with van der Waals surface area (Å²) in [4.78, 5) is 16.1. The smallest absolute Gasteiger partial charge is 0.395 e.